The molecule has 4 aromatic heterocycles. The quantitative estimate of drug-likeness (QED) is 0.343. The lowest BCUT2D eigenvalue weighted by Gasteiger charge is -2.07. The minimum absolute atomic E-state index is 0.662. The summed E-state index contributed by atoms with van der Waals surface area (Å²) in [6, 6.07) is 2.03. The van der Waals surface area contributed by atoms with Crippen LogP contribution in [0.3, 0.4) is 0 Å². The Bertz CT molecular complexity index is 1240. The first-order valence-electron chi connectivity index (χ1n) is 9.41. The Morgan fingerprint density at radius 2 is 2.27 bits per heavy atom. The van der Waals surface area contributed by atoms with Crippen LogP contribution in [0.2, 0.25) is 0 Å². The Kier molecular flexibility index (Phi) is 5.53. The number of aryl methyl sites for hydroxylation is 1. The fourth-order valence-corrected chi connectivity index (χ4v) is 3.87. The molecule has 0 bridgehead atoms. The van der Waals surface area contributed by atoms with Crippen molar-refractivity contribution in [3.05, 3.63) is 66.5 Å². The second kappa shape index (κ2) is 8.42. The van der Waals surface area contributed by atoms with E-state index in [2.05, 4.69) is 41.4 Å². The van der Waals surface area contributed by atoms with Crippen LogP contribution in [0.25, 0.3) is 16.9 Å². The SMILES string of the molecule is C=C/C=C(/C)C(Cc1cc(Nc2nc(C)cn3c(-c4cn[nH]c4)cnc23)sn1)=NC. The number of hydrogen-bond donors (Lipinski definition) is 2. The second-order valence-corrected chi connectivity index (χ2v) is 7.60. The minimum Gasteiger partial charge on any atom is -0.328 e. The molecule has 30 heavy (non-hydrogen) atoms. The number of anilines is 2. The zero-order valence-corrected chi connectivity index (χ0v) is 17.9. The maximum absolute atomic E-state index is 4.65. The van der Waals surface area contributed by atoms with E-state index in [4.69, 9.17) is 0 Å². The molecule has 0 aliphatic carbocycles. The highest BCUT2D eigenvalue weighted by atomic mass is 32.1. The smallest absolute Gasteiger partial charge is 0.180 e. The molecule has 2 N–H and O–H groups in total. The van der Waals surface area contributed by atoms with Gasteiger partial charge in [0.15, 0.2) is 11.5 Å². The van der Waals surface area contributed by atoms with Crippen LogP contribution in [-0.2, 0) is 6.42 Å². The van der Waals surface area contributed by atoms with Crippen molar-refractivity contribution in [1.82, 2.24) is 28.9 Å². The van der Waals surface area contributed by atoms with Crippen molar-refractivity contribution in [3.63, 3.8) is 0 Å². The Hall–Kier alpha value is -3.59. The lowest BCUT2D eigenvalue weighted by molar-refractivity contribution is 1.08. The Balaban J connectivity index is 1.61. The number of nitrogens with one attached hydrogen (secondary N) is 2. The predicted octanol–water partition coefficient (Wildman–Crippen LogP) is 4.37. The van der Waals surface area contributed by atoms with Gasteiger partial charge in [0.1, 0.15) is 5.00 Å². The Labute approximate surface area is 178 Å². The number of nitrogens with zero attached hydrogens (tertiary/aromatic N) is 6. The third-order valence-corrected chi connectivity index (χ3v) is 5.39. The fourth-order valence-electron chi connectivity index (χ4n) is 3.21. The van der Waals surface area contributed by atoms with Crippen LogP contribution in [0.5, 0.6) is 0 Å². The summed E-state index contributed by atoms with van der Waals surface area (Å²) in [7, 11) is 1.80. The van der Waals surface area contributed by atoms with Crippen LogP contribution in [-0.4, -0.2) is 41.7 Å². The molecule has 0 spiro atoms. The van der Waals surface area contributed by atoms with E-state index in [1.807, 2.05) is 49.0 Å². The van der Waals surface area contributed by atoms with Crippen molar-refractivity contribution in [2.75, 3.05) is 12.4 Å². The molecule has 4 heterocycles. The van der Waals surface area contributed by atoms with Crippen LogP contribution in [0.4, 0.5) is 10.8 Å². The van der Waals surface area contributed by atoms with Gasteiger partial charge in [0.05, 0.1) is 29.5 Å². The zero-order valence-electron chi connectivity index (χ0n) is 17.0. The van der Waals surface area contributed by atoms with E-state index in [1.165, 1.54) is 11.5 Å². The van der Waals surface area contributed by atoms with E-state index >= 15 is 0 Å². The average molecular weight is 419 g/mol. The molecule has 0 aliphatic heterocycles. The summed E-state index contributed by atoms with van der Waals surface area (Å²) in [5, 5.41) is 11.2. The summed E-state index contributed by atoms with van der Waals surface area (Å²) in [6.45, 7) is 7.74. The number of fused-ring (bicyclic) bond motifs is 1. The van der Waals surface area contributed by atoms with Crippen molar-refractivity contribution in [3.8, 4) is 11.3 Å². The number of allylic oxidation sites excluding steroid dienone is 3. The van der Waals surface area contributed by atoms with Gasteiger partial charge in [0.25, 0.3) is 0 Å². The number of hydrogen-bond acceptors (Lipinski definition) is 7. The van der Waals surface area contributed by atoms with Crippen molar-refractivity contribution < 1.29 is 0 Å². The van der Waals surface area contributed by atoms with E-state index < -0.39 is 0 Å². The molecule has 0 atom stereocenters. The molecule has 4 rings (SSSR count). The van der Waals surface area contributed by atoms with Gasteiger partial charge >= 0.3 is 0 Å². The topological polar surface area (TPSA) is 96.2 Å². The number of H-pyrrole nitrogens is 1. The number of aromatic nitrogens is 6. The maximum Gasteiger partial charge on any atom is 0.180 e. The molecule has 0 radical (unpaired) electrons. The van der Waals surface area contributed by atoms with Gasteiger partial charge in [-0.3, -0.25) is 14.5 Å². The molecule has 4 aromatic rings. The first kappa shape index (κ1) is 19.7. The van der Waals surface area contributed by atoms with Gasteiger partial charge in [-0.25, -0.2) is 9.97 Å². The number of aliphatic imine (C=N–C) groups is 1. The molecule has 0 aromatic carbocycles. The molecule has 152 valence electrons. The maximum atomic E-state index is 4.65. The summed E-state index contributed by atoms with van der Waals surface area (Å²) in [4.78, 5) is 13.6. The van der Waals surface area contributed by atoms with Crippen LogP contribution in [0, 0.1) is 6.92 Å². The zero-order chi connectivity index (χ0) is 21.1. The van der Waals surface area contributed by atoms with Crippen LogP contribution in [0.1, 0.15) is 18.3 Å². The van der Waals surface area contributed by atoms with Gasteiger partial charge in [-0.15, -0.1) is 0 Å². The first-order valence-corrected chi connectivity index (χ1v) is 10.2. The Morgan fingerprint density at radius 3 is 3.00 bits per heavy atom. The number of aromatic amines is 1. The van der Waals surface area contributed by atoms with Crippen LogP contribution >= 0.6 is 11.5 Å². The highest BCUT2D eigenvalue weighted by Crippen LogP contribution is 2.27. The molecule has 8 nitrogen and oxygen atoms in total. The molecule has 0 aliphatic rings. The minimum atomic E-state index is 0.662. The molecular formula is C21H22N8S. The molecule has 9 heteroatoms. The summed E-state index contributed by atoms with van der Waals surface area (Å²) in [5.41, 5.74) is 6.56. The van der Waals surface area contributed by atoms with Crippen molar-refractivity contribution >= 4 is 33.7 Å². The number of rotatable bonds is 7. The predicted molar refractivity (Wildman–Crippen MR) is 122 cm³/mol. The monoisotopic (exact) mass is 418 g/mol. The number of imidazole rings is 1. The molecular weight excluding hydrogens is 396 g/mol. The fraction of sp³-hybridized carbons (Fsp3) is 0.190. The van der Waals surface area contributed by atoms with Gasteiger partial charge in [-0.1, -0.05) is 18.7 Å². The summed E-state index contributed by atoms with van der Waals surface area (Å²) < 4.78 is 6.59. The van der Waals surface area contributed by atoms with E-state index in [-0.39, 0.29) is 0 Å². The van der Waals surface area contributed by atoms with E-state index in [1.54, 1.807) is 19.3 Å². The molecule has 0 saturated heterocycles. The van der Waals surface area contributed by atoms with Gasteiger partial charge in [-0.2, -0.15) is 9.47 Å². The molecule has 0 fully saturated rings. The average Bonchev–Trinajstić information content (AvgIpc) is 3.46. The third kappa shape index (κ3) is 3.92. The molecule has 0 unspecified atom stereocenters. The normalized spacial score (nSPS) is 12.5. The van der Waals surface area contributed by atoms with Crippen molar-refractivity contribution in [1.29, 1.82) is 0 Å². The van der Waals surface area contributed by atoms with Gasteiger partial charge in [0.2, 0.25) is 0 Å². The third-order valence-electron chi connectivity index (χ3n) is 4.65. The van der Waals surface area contributed by atoms with Gasteiger partial charge < -0.3 is 5.32 Å². The highest BCUT2D eigenvalue weighted by molar-refractivity contribution is 7.10. The van der Waals surface area contributed by atoms with Crippen LogP contribution < -0.4 is 5.32 Å². The van der Waals surface area contributed by atoms with Crippen LogP contribution in [0.15, 0.2) is 60.2 Å². The lowest BCUT2D eigenvalue weighted by Crippen LogP contribution is -2.05. The van der Waals surface area contributed by atoms with Crippen molar-refractivity contribution in [2.24, 2.45) is 4.99 Å². The summed E-state index contributed by atoms with van der Waals surface area (Å²) >= 11 is 1.39. The van der Waals surface area contributed by atoms with E-state index in [0.29, 0.717) is 12.2 Å². The lowest BCUT2D eigenvalue weighted by atomic mass is 10.1. The molecule has 0 saturated carbocycles. The molecule has 0 amide bonds. The summed E-state index contributed by atoms with van der Waals surface area (Å²) in [6.07, 6.45) is 11.8. The van der Waals surface area contributed by atoms with Crippen molar-refractivity contribution in [2.45, 2.75) is 20.3 Å². The van der Waals surface area contributed by atoms with E-state index in [0.717, 1.165) is 44.6 Å². The summed E-state index contributed by atoms with van der Waals surface area (Å²) in [5.74, 6) is 0.687. The van der Waals surface area contributed by atoms with E-state index in [9.17, 15) is 0 Å². The second-order valence-electron chi connectivity index (χ2n) is 6.79. The van der Waals surface area contributed by atoms with Gasteiger partial charge in [-0.05, 0) is 37.0 Å². The Morgan fingerprint density at radius 1 is 1.40 bits per heavy atom. The largest absolute Gasteiger partial charge is 0.328 e. The standard InChI is InChI=1S/C21H22N8S/c1-5-6-13(2)17(22-4)7-16-8-19(30-28-16)27-20-21-23-11-18(15-9-24-25-10-15)29(21)12-14(3)26-20/h5-6,8-12H,1,7H2,2-4H3,(H,24,25)(H,26,27)/b13-6-,22-17?. The highest BCUT2D eigenvalue weighted by Gasteiger charge is 2.14. The first-order chi connectivity index (χ1) is 14.6. The van der Waals surface area contributed by atoms with Gasteiger partial charge in [0, 0.05) is 37.1 Å².